The number of hydrogen-bond donors (Lipinski definition) is 1. The van der Waals surface area contributed by atoms with Crippen LogP contribution in [0.5, 0.6) is 0 Å². The average Bonchev–Trinajstić information content (AvgIpc) is 2.61. The second kappa shape index (κ2) is 8.43. The summed E-state index contributed by atoms with van der Waals surface area (Å²) < 4.78 is 23.5. The van der Waals surface area contributed by atoms with E-state index in [0.29, 0.717) is 0 Å². The smallest absolute Gasteiger partial charge is 0.352 e. The minimum atomic E-state index is -3.60. The first-order valence-corrected chi connectivity index (χ1v) is 9.86. The van der Waals surface area contributed by atoms with Crippen LogP contribution < -0.4 is 5.32 Å². The van der Waals surface area contributed by atoms with Gasteiger partial charge in [0.15, 0.2) is 0 Å². The lowest BCUT2D eigenvalue weighted by atomic mass is 10.1. The number of rotatable bonds is 9. The van der Waals surface area contributed by atoms with Gasteiger partial charge in [0, 0.05) is 5.39 Å². The number of nitro benzene ring substituents is 2. The molecule has 2 aromatic rings. The van der Waals surface area contributed by atoms with Crippen LogP contribution in [0.2, 0.25) is 0 Å². The van der Waals surface area contributed by atoms with Gasteiger partial charge in [-0.3, -0.25) is 24.8 Å². The molecule has 0 aliphatic rings. The van der Waals surface area contributed by atoms with Crippen LogP contribution in [0, 0.1) is 20.2 Å². The third-order valence-electron chi connectivity index (χ3n) is 3.84. The molecule has 0 bridgehead atoms. The Bertz CT molecular complexity index is 908. The van der Waals surface area contributed by atoms with Crippen molar-refractivity contribution in [3.05, 3.63) is 50.6 Å². The predicted octanol–water partition coefficient (Wildman–Crippen LogP) is 4.68. The normalized spacial score (nSPS) is 12.7. The van der Waals surface area contributed by atoms with Crippen LogP contribution in [0.15, 0.2) is 30.3 Å². The molecule has 146 valence electrons. The molecule has 0 aliphatic heterocycles. The SMILES string of the molecule is CCOP(=O)(OCC)C(C)Nc1c([N+](=O)[O-])cc([N+](=O)[O-])c2ccccc12. The lowest BCUT2D eigenvalue weighted by Gasteiger charge is -2.25. The quantitative estimate of drug-likeness (QED) is 0.366. The summed E-state index contributed by atoms with van der Waals surface area (Å²) >= 11 is 0. The molecule has 2 aromatic carbocycles. The zero-order valence-corrected chi connectivity index (χ0v) is 16.0. The first-order valence-electron chi connectivity index (χ1n) is 8.25. The second-order valence-corrected chi connectivity index (χ2v) is 7.92. The van der Waals surface area contributed by atoms with E-state index in [-0.39, 0.29) is 35.4 Å². The summed E-state index contributed by atoms with van der Waals surface area (Å²) in [6, 6.07) is 7.12. The molecule has 1 atom stereocenters. The molecule has 0 aliphatic carbocycles. The molecule has 0 saturated heterocycles. The highest BCUT2D eigenvalue weighted by molar-refractivity contribution is 7.54. The summed E-state index contributed by atoms with van der Waals surface area (Å²) in [5, 5.41) is 26.2. The van der Waals surface area contributed by atoms with Crippen LogP contribution >= 0.6 is 7.60 Å². The third-order valence-corrected chi connectivity index (χ3v) is 6.15. The Kier molecular flexibility index (Phi) is 6.48. The molecule has 11 heteroatoms. The number of nitrogens with one attached hydrogen (secondary N) is 1. The van der Waals surface area contributed by atoms with E-state index in [9.17, 15) is 24.8 Å². The Labute approximate surface area is 155 Å². The molecule has 27 heavy (non-hydrogen) atoms. The Hall–Kier alpha value is -2.55. The van der Waals surface area contributed by atoms with Gasteiger partial charge in [-0.15, -0.1) is 0 Å². The minimum absolute atomic E-state index is 0.0216. The molecule has 1 N–H and O–H groups in total. The van der Waals surface area contributed by atoms with E-state index in [0.717, 1.165) is 6.07 Å². The van der Waals surface area contributed by atoms with Gasteiger partial charge < -0.3 is 14.4 Å². The number of fused-ring (bicyclic) bond motifs is 1. The van der Waals surface area contributed by atoms with Gasteiger partial charge in [-0.1, -0.05) is 18.2 Å². The topological polar surface area (TPSA) is 134 Å². The molecular formula is C16H20N3O7P. The summed E-state index contributed by atoms with van der Waals surface area (Å²) in [7, 11) is -3.60. The first kappa shape index (κ1) is 20.8. The van der Waals surface area contributed by atoms with Crippen molar-refractivity contribution in [3.63, 3.8) is 0 Å². The van der Waals surface area contributed by atoms with Gasteiger partial charge >= 0.3 is 7.60 Å². The largest absolute Gasteiger partial charge is 0.366 e. The number of anilines is 1. The van der Waals surface area contributed by atoms with Gasteiger partial charge in [-0.25, -0.2) is 0 Å². The van der Waals surface area contributed by atoms with Crippen LogP contribution in [0.4, 0.5) is 17.1 Å². The van der Waals surface area contributed by atoms with Gasteiger partial charge in [-0.05, 0) is 26.8 Å². The van der Waals surface area contributed by atoms with Crippen LogP contribution in [0.3, 0.4) is 0 Å². The molecule has 2 rings (SSSR count). The maximum absolute atomic E-state index is 12.9. The highest BCUT2D eigenvalue weighted by Gasteiger charge is 2.35. The first-order chi connectivity index (χ1) is 12.7. The van der Waals surface area contributed by atoms with Gasteiger partial charge in [0.1, 0.15) is 11.5 Å². The van der Waals surface area contributed by atoms with E-state index in [1.54, 1.807) is 26.0 Å². The fraction of sp³-hybridized carbons (Fsp3) is 0.375. The van der Waals surface area contributed by atoms with E-state index in [1.165, 1.54) is 19.1 Å². The Morgan fingerprint density at radius 3 is 2.04 bits per heavy atom. The fourth-order valence-corrected chi connectivity index (χ4v) is 4.23. The maximum atomic E-state index is 12.9. The van der Waals surface area contributed by atoms with Crippen molar-refractivity contribution in [2.24, 2.45) is 0 Å². The Morgan fingerprint density at radius 2 is 1.56 bits per heavy atom. The lowest BCUT2D eigenvalue weighted by Crippen LogP contribution is -2.20. The van der Waals surface area contributed by atoms with Gasteiger partial charge in [-0.2, -0.15) is 0 Å². The van der Waals surface area contributed by atoms with Crippen LogP contribution in [-0.4, -0.2) is 28.8 Å². The molecule has 0 fully saturated rings. The van der Waals surface area contributed by atoms with Crippen molar-refractivity contribution in [3.8, 4) is 0 Å². The summed E-state index contributed by atoms with van der Waals surface area (Å²) in [4.78, 5) is 21.5. The number of hydrogen-bond acceptors (Lipinski definition) is 8. The third kappa shape index (κ3) is 4.24. The highest BCUT2D eigenvalue weighted by atomic mass is 31.2. The number of benzene rings is 2. The molecule has 0 radical (unpaired) electrons. The molecule has 0 aromatic heterocycles. The number of non-ortho nitro benzene ring substituents is 1. The molecule has 1 unspecified atom stereocenters. The summed E-state index contributed by atoms with van der Waals surface area (Å²) in [5.74, 6) is -0.916. The van der Waals surface area contributed by atoms with Crippen molar-refractivity contribution in [2.45, 2.75) is 26.6 Å². The summed E-state index contributed by atoms with van der Waals surface area (Å²) in [6.07, 6.45) is 0. The van der Waals surface area contributed by atoms with Crippen molar-refractivity contribution in [2.75, 3.05) is 18.5 Å². The molecule has 0 heterocycles. The Morgan fingerprint density at radius 1 is 1.04 bits per heavy atom. The standard InChI is InChI=1S/C16H20N3O7P/c1-4-25-27(24,26-5-2)11(3)17-16-13-9-7-6-8-12(13)14(18(20)21)10-15(16)19(22)23/h6-11,17H,4-5H2,1-3H3. The predicted molar refractivity (Wildman–Crippen MR) is 101 cm³/mol. The maximum Gasteiger partial charge on any atom is 0.352 e. The van der Waals surface area contributed by atoms with Crippen LogP contribution in [0.25, 0.3) is 10.8 Å². The van der Waals surface area contributed by atoms with Crippen LogP contribution in [0.1, 0.15) is 20.8 Å². The second-order valence-electron chi connectivity index (χ2n) is 5.55. The average molecular weight is 397 g/mol. The van der Waals surface area contributed by atoms with Crippen molar-refractivity contribution in [1.82, 2.24) is 0 Å². The summed E-state index contributed by atoms with van der Waals surface area (Å²) in [6.45, 7) is 5.09. The molecule has 0 amide bonds. The van der Waals surface area contributed by atoms with Crippen molar-refractivity contribution < 1.29 is 23.5 Å². The minimum Gasteiger partial charge on any atom is -0.366 e. The summed E-state index contributed by atoms with van der Waals surface area (Å²) in [5.41, 5.74) is -0.853. The number of nitro groups is 2. The van der Waals surface area contributed by atoms with Gasteiger partial charge in [0.25, 0.3) is 11.4 Å². The lowest BCUT2D eigenvalue weighted by molar-refractivity contribution is -0.392. The van der Waals surface area contributed by atoms with E-state index >= 15 is 0 Å². The zero-order valence-electron chi connectivity index (χ0n) is 15.1. The van der Waals surface area contributed by atoms with Gasteiger partial charge in [0.2, 0.25) is 0 Å². The monoisotopic (exact) mass is 397 g/mol. The zero-order chi connectivity index (χ0) is 20.2. The van der Waals surface area contributed by atoms with E-state index in [1.807, 2.05) is 0 Å². The van der Waals surface area contributed by atoms with E-state index < -0.39 is 28.9 Å². The van der Waals surface area contributed by atoms with Crippen LogP contribution in [-0.2, 0) is 13.6 Å². The molecule has 0 saturated carbocycles. The Balaban J connectivity index is 2.65. The molecule has 0 spiro atoms. The van der Waals surface area contributed by atoms with Crippen molar-refractivity contribution >= 4 is 35.4 Å². The fourth-order valence-electron chi connectivity index (χ4n) is 2.70. The van der Waals surface area contributed by atoms with Gasteiger partial charge in [0.05, 0.1) is 34.5 Å². The highest BCUT2D eigenvalue weighted by Crippen LogP contribution is 2.54. The molecule has 10 nitrogen and oxygen atoms in total. The van der Waals surface area contributed by atoms with Crippen molar-refractivity contribution in [1.29, 1.82) is 0 Å². The van der Waals surface area contributed by atoms with E-state index in [2.05, 4.69) is 5.32 Å². The van der Waals surface area contributed by atoms with E-state index in [4.69, 9.17) is 9.05 Å². The molecular weight excluding hydrogens is 377 g/mol. The number of nitrogens with zero attached hydrogens (tertiary/aromatic N) is 2.